The number of benzene rings is 2. The maximum absolute atomic E-state index is 12.6. The molecule has 0 aliphatic carbocycles. The molecule has 218 valence electrons. The van der Waals surface area contributed by atoms with Gasteiger partial charge in [-0.05, 0) is 49.2 Å². The number of anilines is 6. The summed E-state index contributed by atoms with van der Waals surface area (Å²) in [4.78, 5) is 23.6. The summed E-state index contributed by atoms with van der Waals surface area (Å²) in [5.74, 6) is 1.37. The van der Waals surface area contributed by atoms with Crippen molar-refractivity contribution in [1.29, 1.82) is 0 Å². The third kappa shape index (κ3) is 5.33. The standard InChI is InChI=1S/C28H31N9O4S/c1-36(42(3,39)40)25-21(6-5-20-24(25)30-13-12-29-20)32-27-19-8-11-31-26(19)34-28(35-27)33-22-16-17(4-7-23(22)41-2)37-14-9-18(38)10-15-37/h4-8,11-13,16,18,38H,9-10,14-15H2,1-3H3,(H3,31,32,33,34,35). The molecule has 0 amide bonds. The first-order chi connectivity index (χ1) is 20.2. The van der Waals surface area contributed by atoms with Gasteiger partial charge in [-0.3, -0.25) is 14.3 Å². The molecule has 1 saturated heterocycles. The smallest absolute Gasteiger partial charge is 0.232 e. The number of rotatable bonds is 8. The van der Waals surface area contributed by atoms with Gasteiger partial charge in [-0.1, -0.05) is 0 Å². The average Bonchev–Trinajstić information content (AvgIpc) is 3.46. The largest absolute Gasteiger partial charge is 0.495 e. The second kappa shape index (κ2) is 10.9. The molecule has 1 aliphatic rings. The maximum Gasteiger partial charge on any atom is 0.232 e. The predicted molar refractivity (Wildman–Crippen MR) is 164 cm³/mol. The predicted octanol–water partition coefficient (Wildman–Crippen LogP) is 3.75. The van der Waals surface area contributed by atoms with Crippen molar-refractivity contribution in [2.45, 2.75) is 18.9 Å². The van der Waals surface area contributed by atoms with E-state index in [9.17, 15) is 13.5 Å². The molecule has 42 heavy (non-hydrogen) atoms. The number of H-pyrrole nitrogens is 1. The first-order valence-corrected chi connectivity index (χ1v) is 15.2. The molecule has 13 nitrogen and oxygen atoms in total. The number of hydrogen-bond acceptors (Lipinski definition) is 11. The van der Waals surface area contributed by atoms with Crippen molar-refractivity contribution in [1.82, 2.24) is 24.9 Å². The van der Waals surface area contributed by atoms with Crippen LogP contribution in [-0.2, 0) is 10.0 Å². The number of aliphatic hydroxyl groups is 1. The van der Waals surface area contributed by atoms with Gasteiger partial charge in [0.05, 0.1) is 41.7 Å². The summed E-state index contributed by atoms with van der Waals surface area (Å²) in [6, 6.07) is 11.2. The molecule has 0 spiro atoms. The van der Waals surface area contributed by atoms with E-state index in [0.29, 0.717) is 69.5 Å². The van der Waals surface area contributed by atoms with Crippen molar-refractivity contribution < 1.29 is 18.3 Å². The number of piperidine rings is 1. The molecule has 6 rings (SSSR count). The first-order valence-electron chi connectivity index (χ1n) is 13.4. The zero-order valence-electron chi connectivity index (χ0n) is 23.4. The summed E-state index contributed by atoms with van der Waals surface area (Å²) in [6.07, 6.45) is 7.14. The molecule has 0 saturated carbocycles. The topological polar surface area (TPSA) is 161 Å². The van der Waals surface area contributed by atoms with Crippen molar-refractivity contribution in [3.05, 3.63) is 55.0 Å². The molecule has 2 aromatic carbocycles. The number of fused-ring (bicyclic) bond motifs is 2. The number of aliphatic hydroxyl groups excluding tert-OH is 1. The number of aromatic amines is 1. The fourth-order valence-corrected chi connectivity index (χ4v) is 5.58. The summed E-state index contributed by atoms with van der Waals surface area (Å²) < 4.78 is 32.0. The van der Waals surface area contributed by atoms with Crippen LogP contribution in [0.2, 0.25) is 0 Å². The molecule has 4 N–H and O–H groups in total. The first kappa shape index (κ1) is 27.5. The second-order valence-corrected chi connectivity index (χ2v) is 12.1. The number of methoxy groups -OCH3 is 1. The van der Waals surface area contributed by atoms with E-state index < -0.39 is 10.0 Å². The molecule has 3 aromatic heterocycles. The lowest BCUT2D eigenvalue weighted by Gasteiger charge is -2.32. The van der Waals surface area contributed by atoms with Crippen LogP contribution in [0.5, 0.6) is 5.75 Å². The summed E-state index contributed by atoms with van der Waals surface area (Å²) in [5.41, 5.74) is 4.07. The average molecular weight is 590 g/mol. The lowest BCUT2D eigenvalue weighted by atomic mass is 10.1. The van der Waals surface area contributed by atoms with Crippen molar-refractivity contribution in [2.24, 2.45) is 0 Å². The van der Waals surface area contributed by atoms with E-state index in [0.717, 1.165) is 25.0 Å². The van der Waals surface area contributed by atoms with E-state index >= 15 is 0 Å². The van der Waals surface area contributed by atoms with E-state index in [1.165, 1.54) is 17.5 Å². The van der Waals surface area contributed by atoms with Gasteiger partial charge in [-0.15, -0.1) is 0 Å². The van der Waals surface area contributed by atoms with Crippen LogP contribution in [0.1, 0.15) is 12.8 Å². The Bertz CT molecular complexity index is 1870. The highest BCUT2D eigenvalue weighted by atomic mass is 32.2. The Morgan fingerprint density at radius 3 is 2.60 bits per heavy atom. The maximum atomic E-state index is 12.6. The van der Waals surface area contributed by atoms with Crippen molar-refractivity contribution in [2.75, 3.05) is 53.3 Å². The Balaban J connectivity index is 1.39. The van der Waals surface area contributed by atoms with Gasteiger partial charge in [-0.2, -0.15) is 9.97 Å². The Labute approximate surface area is 242 Å². The lowest BCUT2D eigenvalue weighted by molar-refractivity contribution is 0.145. The van der Waals surface area contributed by atoms with Gasteiger partial charge in [0.1, 0.15) is 28.4 Å². The molecule has 14 heteroatoms. The van der Waals surface area contributed by atoms with Gasteiger partial charge in [0, 0.05) is 44.4 Å². The van der Waals surface area contributed by atoms with Gasteiger partial charge in [0.2, 0.25) is 16.0 Å². The van der Waals surface area contributed by atoms with Crippen molar-refractivity contribution in [3.8, 4) is 5.75 Å². The monoisotopic (exact) mass is 589 g/mol. The Hall–Kier alpha value is -4.69. The zero-order valence-corrected chi connectivity index (χ0v) is 24.2. The van der Waals surface area contributed by atoms with Crippen LogP contribution in [0.3, 0.4) is 0 Å². The third-order valence-corrected chi connectivity index (χ3v) is 8.53. The molecule has 1 aliphatic heterocycles. The fourth-order valence-electron chi connectivity index (χ4n) is 5.06. The molecule has 4 heterocycles. The van der Waals surface area contributed by atoms with Crippen LogP contribution < -0.4 is 24.6 Å². The molecule has 0 radical (unpaired) electrons. The molecule has 1 fully saturated rings. The SMILES string of the molecule is COc1ccc(N2CCC(O)CC2)cc1Nc1nc(Nc2ccc3nccnc3c2N(C)S(C)(=O)=O)c2cc[nH]c2n1. The highest BCUT2D eigenvalue weighted by Gasteiger charge is 2.23. The molecular weight excluding hydrogens is 558 g/mol. The Morgan fingerprint density at radius 2 is 1.83 bits per heavy atom. The Kier molecular flexibility index (Phi) is 7.16. The van der Waals surface area contributed by atoms with E-state index in [-0.39, 0.29) is 6.10 Å². The minimum Gasteiger partial charge on any atom is -0.495 e. The molecule has 5 aromatic rings. The Morgan fingerprint density at radius 1 is 1.05 bits per heavy atom. The summed E-state index contributed by atoms with van der Waals surface area (Å²) in [5, 5.41) is 17.3. The summed E-state index contributed by atoms with van der Waals surface area (Å²) in [6.45, 7) is 1.51. The number of aromatic nitrogens is 5. The van der Waals surface area contributed by atoms with Crippen LogP contribution in [0, 0.1) is 0 Å². The zero-order chi connectivity index (χ0) is 29.4. The third-order valence-electron chi connectivity index (χ3n) is 7.35. The minimum absolute atomic E-state index is 0.267. The van der Waals surface area contributed by atoms with Crippen molar-refractivity contribution in [3.63, 3.8) is 0 Å². The quantitative estimate of drug-likeness (QED) is 0.209. The number of ether oxygens (including phenoxy) is 1. The fraction of sp³-hybridized carbons (Fsp3) is 0.286. The minimum atomic E-state index is -3.62. The number of sulfonamides is 1. The molecule has 0 unspecified atom stereocenters. The summed E-state index contributed by atoms with van der Waals surface area (Å²) in [7, 11) is -0.548. The van der Waals surface area contributed by atoms with Crippen LogP contribution in [0.15, 0.2) is 55.0 Å². The van der Waals surface area contributed by atoms with E-state index in [4.69, 9.17) is 9.72 Å². The van der Waals surface area contributed by atoms with Gasteiger partial charge < -0.3 is 30.4 Å². The van der Waals surface area contributed by atoms with Gasteiger partial charge in [0.15, 0.2) is 0 Å². The highest BCUT2D eigenvalue weighted by molar-refractivity contribution is 7.92. The van der Waals surface area contributed by atoms with Crippen molar-refractivity contribution >= 4 is 66.6 Å². The van der Waals surface area contributed by atoms with Crippen LogP contribution in [-0.4, -0.2) is 78.1 Å². The number of nitrogens with zero attached hydrogens (tertiary/aromatic N) is 6. The highest BCUT2D eigenvalue weighted by Crippen LogP contribution is 2.37. The lowest BCUT2D eigenvalue weighted by Crippen LogP contribution is -2.35. The van der Waals surface area contributed by atoms with Crippen LogP contribution >= 0.6 is 0 Å². The van der Waals surface area contributed by atoms with E-state index in [1.54, 1.807) is 31.6 Å². The number of nitrogens with one attached hydrogen (secondary N) is 3. The van der Waals surface area contributed by atoms with E-state index in [2.05, 4.69) is 35.5 Å². The number of hydrogen-bond donors (Lipinski definition) is 4. The van der Waals surface area contributed by atoms with Crippen LogP contribution in [0.4, 0.5) is 34.5 Å². The normalized spacial score (nSPS) is 14.3. The van der Waals surface area contributed by atoms with Crippen LogP contribution in [0.25, 0.3) is 22.1 Å². The molecular formula is C28H31N9O4S. The molecule has 0 bridgehead atoms. The summed E-state index contributed by atoms with van der Waals surface area (Å²) >= 11 is 0. The second-order valence-electron chi connectivity index (χ2n) is 10.1. The van der Waals surface area contributed by atoms with E-state index in [1.807, 2.05) is 24.3 Å². The molecule has 0 atom stereocenters. The van der Waals surface area contributed by atoms with Gasteiger partial charge in [0.25, 0.3) is 0 Å². The van der Waals surface area contributed by atoms with Gasteiger partial charge in [-0.25, -0.2) is 8.42 Å². The van der Waals surface area contributed by atoms with Gasteiger partial charge >= 0.3 is 0 Å².